The summed E-state index contributed by atoms with van der Waals surface area (Å²) in [6, 6.07) is 19.9. The molecule has 0 spiro atoms. The van der Waals surface area contributed by atoms with Gasteiger partial charge in [-0.2, -0.15) is 0 Å². The number of carbonyl (C=O) groups excluding carboxylic acids is 1. The predicted molar refractivity (Wildman–Crippen MR) is 131 cm³/mol. The number of hydrogen-bond acceptors (Lipinski definition) is 4. The molecule has 1 fully saturated rings. The van der Waals surface area contributed by atoms with Crippen molar-refractivity contribution in [3.63, 3.8) is 0 Å². The van der Waals surface area contributed by atoms with E-state index in [0.717, 1.165) is 36.8 Å². The average molecular weight is 458 g/mol. The maximum absolute atomic E-state index is 13.8. The van der Waals surface area contributed by atoms with Gasteiger partial charge in [-0.05, 0) is 50.2 Å². The van der Waals surface area contributed by atoms with E-state index in [1.54, 1.807) is 9.47 Å². The molecule has 6 nitrogen and oxygen atoms in total. The first-order chi connectivity index (χ1) is 16.6. The molecule has 2 aromatic carbocycles. The number of benzene rings is 2. The second kappa shape index (κ2) is 9.84. The van der Waals surface area contributed by atoms with E-state index in [1.807, 2.05) is 67.6 Å². The Bertz CT molecular complexity index is 1160. The van der Waals surface area contributed by atoms with Crippen LogP contribution in [0.25, 0.3) is 0 Å². The number of nitrogens with zero attached hydrogens (tertiary/aromatic N) is 3. The first kappa shape index (κ1) is 22.4. The predicted octanol–water partition coefficient (Wildman–Crippen LogP) is 5.02. The standard InChI is InChI=1S/C28H31N3O3/c1-20-29-25-19-30(28(33)34-23-15-9-4-10-16-23)18-17-24(25)27(32)31(20)26(21-11-5-2-6-12-21)22-13-7-3-8-14-22/h2-3,5-8,11-14,23,26H,4,9-10,15-19H2,1H3. The van der Waals surface area contributed by atoms with Crippen LogP contribution in [0, 0.1) is 6.92 Å². The number of aryl methyl sites for hydroxylation is 1. The van der Waals surface area contributed by atoms with Gasteiger partial charge in [0, 0.05) is 12.1 Å². The van der Waals surface area contributed by atoms with Crippen molar-refractivity contribution < 1.29 is 9.53 Å². The van der Waals surface area contributed by atoms with Gasteiger partial charge in [0.15, 0.2) is 0 Å². The lowest BCUT2D eigenvalue weighted by Gasteiger charge is -2.31. The zero-order chi connectivity index (χ0) is 23.5. The molecule has 3 aromatic rings. The number of amides is 1. The van der Waals surface area contributed by atoms with Crippen molar-refractivity contribution in [1.82, 2.24) is 14.5 Å². The zero-order valence-corrected chi connectivity index (χ0v) is 19.7. The maximum atomic E-state index is 13.8. The van der Waals surface area contributed by atoms with Gasteiger partial charge in [-0.3, -0.25) is 9.36 Å². The number of fused-ring (bicyclic) bond motifs is 1. The molecule has 2 heterocycles. The first-order valence-corrected chi connectivity index (χ1v) is 12.3. The fraction of sp³-hybridized carbons (Fsp3) is 0.393. The molecule has 0 N–H and O–H groups in total. The Kier molecular flexibility index (Phi) is 6.48. The van der Waals surface area contributed by atoms with Gasteiger partial charge < -0.3 is 9.64 Å². The molecule has 0 radical (unpaired) electrons. The Balaban J connectivity index is 1.46. The topological polar surface area (TPSA) is 64.4 Å². The molecule has 0 saturated heterocycles. The number of ether oxygens (including phenoxy) is 1. The van der Waals surface area contributed by atoms with Crippen LogP contribution < -0.4 is 5.56 Å². The van der Waals surface area contributed by atoms with Crippen molar-refractivity contribution in [3.8, 4) is 0 Å². The lowest BCUT2D eigenvalue weighted by atomic mass is 9.97. The van der Waals surface area contributed by atoms with E-state index < -0.39 is 0 Å². The van der Waals surface area contributed by atoms with Crippen LogP contribution in [-0.2, 0) is 17.7 Å². The third-order valence-corrected chi connectivity index (χ3v) is 7.01. The summed E-state index contributed by atoms with van der Waals surface area (Å²) in [5.74, 6) is 0.643. The zero-order valence-electron chi connectivity index (χ0n) is 19.7. The van der Waals surface area contributed by atoms with E-state index in [4.69, 9.17) is 9.72 Å². The van der Waals surface area contributed by atoms with Crippen LogP contribution in [0.2, 0.25) is 0 Å². The highest BCUT2D eigenvalue weighted by Crippen LogP contribution is 2.28. The van der Waals surface area contributed by atoms with E-state index in [1.165, 1.54) is 6.42 Å². The van der Waals surface area contributed by atoms with Gasteiger partial charge in [0.2, 0.25) is 0 Å². The molecule has 1 aliphatic heterocycles. The minimum Gasteiger partial charge on any atom is -0.446 e. The first-order valence-electron chi connectivity index (χ1n) is 12.3. The third kappa shape index (κ3) is 4.49. The van der Waals surface area contributed by atoms with Gasteiger partial charge in [-0.1, -0.05) is 67.1 Å². The molecule has 0 atom stereocenters. The maximum Gasteiger partial charge on any atom is 0.410 e. The van der Waals surface area contributed by atoms with Gasteiger partial charge in [0.1, 0.15) is 11.9 Å². The Morgan fingerprint density at radius 3 is 2.21 bits per heavy atom. The van der Waals surface area contributed by atoms with Crippen LogP contribution in [0.5, 0.6) is 0 Å². The molecule has 0 bridgehead atoms. The Labute approximate surface area is 200 Å². The smallest absolute Gasteiger partial charge is 0.410 e. The fourth-order valence-electron chi connectivity index (χ4n) is 5.24. The van der Waals surface area contributed by atoms with Crippen molar-refractivity contribution in [2.24, 2.45) is 0 Å². The average Bonchev–Trinajstić information content (AvgIpc) is 2.88. The SMILES string of the molecule is Cc1nc2c(c(=O)n1C(c1ccccc1)c1ccccc1)CCN(C(=O)OC1CCCCC1)C2. The molecule has 2 aliphatic rings. The number of hydrogen-bond donors (Lipinski definition) is 0. The van der Waals surface area contributed by atoms with Crippen LogP contribution in [0.15, 0.2) is 65.5 Å². The van der Waals surface area contributed by atoms with E-state index in [-0.39, 0.29) is 23.8 Å². The van der Waals surface area contributed by atoms with Gasteiger partial charge in [0.05, 0.1) is 18.3 Å². The van der Waals surface area contributed by atoms with Crippen LogP contribution in [-0.4, -0.2) is 33.2 Å². The monoisotopic (exact) mass is 457 g/mol. The molecule has 1 saturated carbocycles. The van der Waals surface area contributed by atoms with Crippen molar-refractivity contribution in [2.75, 3.05) is 6.54 Å². The summed E-state index contributed by atoms with van der Waals surface area (Å²) in [6.45, 7) is 2.67. The Morgan fingerprint density at radius 2 is 1.59 bits per heavy atom. The molecule has 5 rings (SSSR count). The van der Waals surface area contributed by atoms with Crippen LogP contribution in [0.4, 0.5) is 4.79 Å². The van der Waals surface area contributed by atoms with Crippen molar-refractivity contribution in [2.45, 2.75) is 64.1 Å². The fourth-order valence-corrected chi connectivity index (χ4v) is 5.24. The molecule has 1 aromatic heterocycles. The summed E-state index contributed by atoms with van der Waals surface area (Å²) in [6.07, 6.45) is 5.55. The molecule has 34 heavy (non-hydrogen) atoms. The Morgan fingerprint density at radius 1 is 0.971 bits per heavy atom. The number of carbonyl (C=O) groups is 1. The van der Waals surface area contributed by atoms with E-state index in [9.17, 15) is 9.59 Å². The van der Waals surface area contributed by atoms with Gasteiger partial charge in [-0.25, -0.2) is 9.78 Å². The molecular formula is C28H31N3O3. The largest absolute Gasteiger partial charge is 0.446 e. The highest BCUT2D eigenvalue weighted by atomic mass is 16.6. The summed E-state index contributed by atoms with van der Waals surface area (Å²) in [5.41, 5.74) is 3.43. The third-order valence-electron chi connectivity index (χ3n) is 7.01. The summed E-state index contributed by atoms with van der Waals surface area (Å²) >= 11 is 0. The van der Waals surface area contributed by atoms with Crippen LogP contribution >= 0.6 is 0 Å². The van der Waals surface area contributed by atoms with Crippen molar-refractivity contribution in [1.29, 1.82) is 0 Å². The lowest BCUT2D eigenvalue weighted by Crippen LogP contribution is -2.43. The summed E-state index contributed by atoms with van der Waals surface area (Å²) in [4.78, 5) is 33.1. The second-order valence-electron chi connectivity index (χ2n) is 9.30. The lowest BCUT2D eigenvalue weighted by molar-refractivity contribution is 0.0424. The van der Waals surface area contributed by atoms with Gasteiger partial charge in [-0.15, -0.1) is 0 Å². The molecule has 176 valence electrons. The minimum absolute atomic E-state index is 0.0165. The summed E-state index contributed by atoms with van der Waals surface area (Å²) < 4.78 is 7.56. The van der Waals surface area contributed by atoms with Crippen LogP contribution in [0.3, 0.4) is 0 Å². The second-order valence-corrected chi connectivity index (χ2v) is 9.30. The quantitative estimate of drug-likeness (QED) is 0.552. The van der Waals surface area contributed by atoms with Crippen LogP contribution in [0.1, 0.15) is 66.4 Å². The van der Waals surface area contributed by atoms with E-state index >= 15 is 0 Å². The van der Waals surface area contributed by atoms with Gasteiger partial charge in [0.25, 0.3) is 5.56 Å². The normalized spacial score (nSPS) is 16.4. The molecule has 1 aliphatic carbocycles. The number of rotatable bonds is 4. The highest BCUT2D eigenvalue weighted by molar-refractivity contribution is 5.68. The Hall–Kier alpha value is -3.41. The highest BCUT2D eigenvalue weighted by Gasteiger charge is 2.30. The summed E-state index contributed by atoms with van der Waals surface area (Å²) in [7, 11) is 0. The van der Waals surface area contributed by atoms with Gasteiger partial charge >= 0.3 is 6.09 Å². The van der Waals surface area contributed by atoms with E-state index in [0.29, 0.717) is 36.6 Å². The molecule has 0 unspecified atom stereocenters. The number of aromatic nitrogens is 2. The van der Waals surface area contributed by atoms with Crippen molar-refractivity contribution >= 4 is 6.09 Å². The van der Waals surface area contributed by atoms with E-state index in [2.05, 4.69) is 0 Å². The summed E-state index contributed by atoms with van der Waals surface area (Å²) in [5, 5.41) is 0. The molecule has 1 amide bonds. The minimum atomic E-state index is -0.285. The molecular weight excluding hydrogens is 426 g/mol. The molecule has 6 heteroatoms. The van der Waals surface area contributed by atoms with Crippen molar-refractivity contribution in [3.05, 3.63) is 99.2 Å².